The van der Waals surface area contributed by atoms with Crippen LogP contribution in [0.1, 0.15) is 22.9 Å². The Morgan fingerprint density at radius 2 is 2.06 bits per heavy atom. The number of fused-ring (bicyclic) bond motifs is 1. The SMILES string of the molecule is Oc1cc2c(cc1O)C(c1ccco1)NCC2. The standard InChI is InChI=1S/C13H13NO3/c15-10-6-8-3-4-14-13(9(8)7-11(10)16)12-2-1-5-17-12/h1-2,5-7,13-16H,3-4H2. The minimum absolute atomic E-state index is 0.0553. The van der Waals surface area contributed by atoms with Gasteiger partial charge in [-0.25, -0.2) is 0 Å². The van der Waals surface area contributed by atoms with Crippen LogP contribution in [-0.4, -0.2) is 16.8 Å². The Morgan fingerprint density at radius 3 is 2.82 bits per heavy atom. The molecule has 3 N–H and O–H groups in total. The number of phenols is 2. The van der Waals surface area contributed by atoms with E-state index in [1.54, 1.807) is 18.4 Å². The van der Waals surface area contributed by atoms with E-state index in [1.807, 2.05) is 12.1 Å². The molecule has 1 aliphatic heterocycles. The van der Waals surface area contributed by atoms with Crippen LogP contribution < -0.4 is 5.32 Å². The summed E-state index contributed by atoms with van der Waals surface area (Å²) >= 11 is 0. The minimum Gasteiger partial charge on any atom is -0.504 e. The van der Waals surface area contributed by atoms with Crippen LogP contribution in [0.4, 0.5) is 0 Å². The molecule has 88 valence electrons. The summed E-state index contributed by atoms with van der Waals surface area (Å²) in [7, 11) is 0. The number of aromatic hydroxyl groups is 2. The molecule has 4 heteroatoms. The molecule has 1 unspecified atom stereocenters. The van der Waals surface area contributed by atoms with E-state index in [4.69, 9.17) is 4.42 Å². The predicted octanol–water partition coefficient (Wildman–Crippen LogP) is 1.93. The highest BCUT2D eigenvalue weighted by molar-refractivity contribution is 5.49. The van der Waals surface area contributed by atoms with Gasteiger partial charge in [-0.2, -0.15) is 0 Å². The number of benzene rings is 1. The topological polar surface area (TPSA) is 65.6 Å². The lowest BCUT2D eigenvalue weighted by Crippen LogP contribution is -2.30. The molecule has 0 bridgehead atoms. The van der Waals surface area contributed by atoms with Crippen molar-refractivity contribution in [2.24, 2.45) is 0 Å². The quantitative estimate of drug-likeness (QED) is 0.656. The Morgan fingerprint density at radius 1 is 1.24 bits per heavy atom. The highest BCUT2D eigenvalue weighted by Gasteiger charge is 2.24. The normalized spacial score (nSPS) is 18.9. The van der Waals surface area contributed by atoms with Crippen LogP contribution >= 0.6 is 0 Å². The monoisotopic (exact) mass is 231 g/mol. The molecule has 2 aromatic rings. The molecule has 1 atom stereocenters. The maximum absolute atomic E-state index is 9.58. The van der Waals surface area contributed by atoms with E-state index < -0.39 is 0 Å². The molecule has 0 spiro atoms. The Hall–Kier alpha value is -1.94. The number of nitrogens with one attached hydrogen (secondary N) is 1. The van der Waals surface area contributed by atoms with E-state index in [0.717, 1.165) is 29.9 Å². The van der Waals surface area contributed by atoms with Crippen molar-refractivity contribution in [3.8, 4) is 11.5 Å². The van der Waals surface area contributed by atoms with Gasteiger partial charge in [-0.3, -0.25) is 0 Å². The second-order valence-corrected chi connectivity index (χ2v) is 4.19. The van der Waals surface area contributed by atoms with Gasteiger partial charge in [-0.05, 0) is 41.8 Å². The molecule has 1 aliphatic rings. The summed E-state index contributed by atoms with van der Waals surface area (Å²) in [5, 5.41) is 22.4. The number of rotatable bonds is 1. The smallest absolute Gasteiger partial charge is 0.157 e. The number of phenolic OH excluding ortho intramolecular Hbond substituents is 2. The Balaban J connectivity index is 2.10. The molecule has 2 heterocycles. The van der Waals surface area contributed by atoms with Crippen LogP contribution in [0.2, 0.25) is 0 Å². The first-order valence-corrected chi connectivity index (χ1v) is 5.57. The lowest BCUT2D eigenvalue weighted by Gasteiger charge is -2.25. The molecular formula is C13H13NO3. The van der Waals surface area contributed by atoms with E-state index >= 15 is 0 Å². The van der Waals surface area contributed by atoms with Crippen LogP contribution in [0.3, 0.4) is 0 Å². The summed E-state index contributed by atoms with van der Waals surface area (Å²) in [6, 6.07) is 6.91. The van der Waals surface area contributed by atoms with Crippen molar-refractivity contribution < 1.29 is 14.6 Å². The van der Waals surface area contributed by atoms with Gasteiger partial charge < -0.3 is 19.9 Å². The van der Waals surface area contributed by atoms with E-state index in [1.165, 1.54) is 0 Å². The second-order valence-electron chi connectivity index (χ2n) is 4.19. The lowest BCUT2D eigenvalue weighted by molar-refractivity contribution is 0.396. The van der Waals surface area contributed by atoms with Crippen molar-refractivity contribution in [3.63, 3.8) is 0 Å². The van der Waals surface area contributed by atoms with Gasteiger partial charge in [-0.1, -0.05) is 0 Å². The van der Waals surface area contributed by atoms with Crippen LogP contribution in [0.25, 0.3) is 0 Å². The fourth-order valence-electron chi connectivity index (χ4n) is 2.29. The number of hydrogen-bond acceptors (Lipinski definition) is 4. The van der Waals surface area contributed by atoms with E-state index in [0.29, 0.717) is 0 Å². The maximum atomic E-state index is 9.58. The van der Waals surface area contributed by atoms with Gasteiger partial charge >= 0.3 is 0 Å². The maximum Gasteiger partial charge on any atom is 0.157 e. The fourth-order valence-corrected chi connectivity index (χ4v) is 2.29. The third-order valence-electron chi connectivity index (χ3n) is 3.12. The van der Waals surface area contributed by atoms with E-state index in [2.05, 4.69) is 5.32 Å². The molecule has 0 fully saturated rings. The zero-order valence-corrected chi connectivity index (χ0v) is 9.18. The molecular weight excluding hydrogens is 218 g/mol. The van der Waals surface area contributed by atoms with Crippen LogP contribution in [0.15, 0.2) is 34.9 Å². The van der Waals surface area contributed by atoms with Crippen molar-refractivity contribution >= 4 is 0 Å². The van der Waals surface area contributed by atoms with Gasteiger partial charge in [0.1, 0.15) is 5.76 Å². The van der Waals surface area contributed by atoms with Gasteiger partial charge in [0.05, 0.1) is 12.3 Å². The molecule has 1 aromatic heterocycles. The van der Waals surface area contributed by atoms with Gasteiger partial charge in [0, 0.05) is 6.54 Å². The van der Waals surface area contributed by atoms with Gasteiger partial charge in [0.15, 0.2) is 11.5 Å². The first-order chi connectivity index (χ1) is 8.25. The summed E-state index contributed by atoms with van der Waals surface area (Å²) in [5.41, 5.74) is 2.00. The Labute approximate surface area is 98.5 Å². The Kier molecular flexibility index (Phi) is 2.30. The van der Waals surface area contributed by atoms with E-state index in [9.17, 15) is 10.2 Å². The average Bonchev–Trinajstić information content (AvgIpc) is 2.83. The Bertz CT molecular complexity index is 534. The predicted molar refractivity (Wildman–Crippen MR) is 62.0 cm³/mol. The first-order valence-electron chi connectivity index (χ1n) is 5.57. The summed E-state index contributed by atoms with van der Waals surface area (Å²) in [4.78, 5) is 0. The van der Waals surface area contributed by atoms with Gasteiger partial charge in [0.25, 0.3) is 0 Å². The van der Waals surface area contributed by atoms with Crippen molar-refractivity contribution in [2.45, 2.75) is 12.5 Å². The first kappa shape index (κ1) is 10.2. The van der Waals surface area contributed by atoms with Gasteiger partial charge in [0.2, 0.25) is 0 Å². The fraction of sp³-hybridized carbons (Fsp3) is 0.231. The van der Waals surface area contributed by atoms with E-state index in [-0.39, 0.29) is 17.5 Å². The van der Waals surface area contributed by atoms with Crippen molar-refractivity contribution in [1.82, 2.24) is 5.32 Å². The second kappa shape index (κ2) is 3.82. The lowest BCUT2D eigenvalue weighted by atomic mass is 9.92. The molecule has 3 rings (SSSR count). The molecule has 0 aliphatic carbocycles. The number of furan rings is 1. The average molecular weight is 231 g/mol. The van der Waals surface area contributed by atoms with Crippen LogP contribution in [0.5, 0.6) is 11.5 Å². The zero-order chi connectivity index (χ0) is 11.8. The number of hydrogen-bond donors (Lipinski definition) is 3. The highest BCUT2D eigenvalue weighted by atomic mass is 16.3. The van der Waals surface area contributed by atoms with Crippen LogP contribution in [-0.2, 0) is 6.42 Å². The van der Waals surface area contributed by atoms with Crippen LogP contribution in [0, 0.1) is 0 Å². The third-order valence-corrected chi connectivity index (χ3v) is 3.12. The molecule has 0 radical (unpaired) electrons. The molecule has 1 aromatic carbocycles. The summed E-state index contributed by atoms with van der Waals surface area (Å²) < 4.78 is 5.39. The zero-order valence-electron chi connectivity index (χ0n) is 9.18. The third kappa shape index (κ3) is 1.66. The minimum atomic E-state index is -0.0935. The summed E-state index contributed by atoms with van der Waals surface area (Å²) in [5.74, 6) is 0.656. The molecule has 0 saturated carbocycles. The molecule has 0 saturated heterocycles. The van der Waals surface area contributed by atoms with Crippen molar-refractivity contribution in [2.75, 3.05) is 6.54 Å². The van der Waals surface area contributed by atoms with Gasteiger partial charge in [-0.15, -0.1) is 0 Å². The molecule has 17 heavy (non-hydrogen) atoms. The van der Waals surface area contributed by atoms with Crippen molar-refractivity contribution in [1.29, 1.82) is 0 Å². The van der Waals surface area contributed by atoms with Crippen molar-refractivity contribution in [3.05, 3.63) is 47.4 Å². The molecule has 0 amide bonds. The summed E-state index contributed by atoms with van der Waals surface area (Å²) in [6.45, 7) is 0.822. The highest BCUT2D eigenvalue weighted by Crippen LogP contribution is 2.36. The molecule has 4 nitrogen and oxygen atoms in total. The summed E-state index contributed by atoms with van der Waals surface area (Å²) in [6.07, 6.45) is 2.46. The largest absolute Gasteiger partial charge is 0.504 e.